The highest BCUT2D eigenvalue weighted by Crippen LogP contribution is 2.30. The van der Waals surface area contributed by atoms with E-state index in [9.17, 15) is 18.0 Å². The van der Waals surface area contributed by atoms with Crippen molar-refractivity contribution in [3.8, 4) is 10.6 Å². The summed E-state index contributed by atoms with van der Waals surface area (Å²) in [6.45, 7) is 3.51. The molecule has 2 aliphatic heterocycles. The molecule has 1 N–H and O–H groups in total. The van der Waals surface area contributed by atoms with Crippen molar-refractivity contribution in [1.82, 2.24) is 24.1 Å². The molecule has 9 nitrogen and oxygen atoms in total. The van der Waals surface area contributed by atoms with Gasteiger partial charge in [-0.15, -0.1) is 16.4 Å². The number of aromatic nitrogens is 2. The second-order valence-electron chi connectivity index (χ2n) is 7.46. The molecule has 2 amide bonds. The molecule has 2 saturated heterocycles. The van der Waals surface area contributed by atoms with E-state index in [4.69, 9.17) is 0 Å². The third kappa shape index (κ3) is 4.27. The molecule has 0 aliphatic carbocycles. The number of likely N-dealkylation sites (tertiary alicyclic amines) is 2. The van der Waals surface area contributed by atoms with Gasteiger partial charge in [0.15, 0.2) is 0 Å². The van der Waals surface area contributed by atoms with E-state index in [1.165, 1.54) is 22.5 Å². The number of piperidine rings is 1. The summed E-state index contributed by atoms with van der Waals surface area (Å²) in [5.74, 6) is -0.414. The minimum atomic E-state index is -3.86. The summed E-state index contributed by atoms with van der Waals surface area (Å²) in [6, 6.07) is 1.73. The van der Waals surface area contributed by atoms with Crippen molar-refractivity contribution in [2.24, 2.45) is 0 Å². The lowest BCUT2D eigenvalue weighted by molar-refractivity contribution is -0.143. The Balaban J connectivity index is 1.41. The van der Waals surface area contributed by atoms with Crippen LogP contribution in [-0.2, 0) is 19.6 Å². The fourth-order valence-corrected chi connectivity index (χ4v) is 6.86. The summed E-state index contributed by atoms with van der Waals surface area (Å²) in [6.07, 6.45) is 3.42. The van der Waals surface area contributed by atoms with Crippen LogP contribution in [0.4, 0.5) is 0 Å². The predicted octanol–water partition coefficient (Wildman–Crippen LogP) is 1.55. The molecule has 2 atom stereocenters. The van der Waals surface area contributed by atoms with Crippen molar-refractivity contribution in [2.75, 3.05) is 19.6 Å². The number of hydrogen-bond donors (Lipinski definition) is 1. The number of carbonyl (C=O) groups excluding carboxylic acids is 2. The van der Waals surface area contributed by atoms with Gasteiger partial charge < -0.3 is 9.80 Å². The standard InChI is InChI=1S/C18H23N5O4S3/c1-12(17(24)22-8-3-2-4-9-22)23-10-7-13(18(23)25)20-30(26,27)16-6-5-15(29-16)14-11-28-21-19-14/h5-6,11-13,20H,2-4,7-10H2,1H3/t12-,13-/m0/s1. The summed E-state index contributed by atoms with van der Waals surface area (Å²) in [4.78, 5) is 29.6. The Labute approximate surface area is 183 Å². The van der Waals surface area contributed by atoms with E-state index < -0.39 is 22.1 Å². The number of nitrogens with zero attached hydrogens (tertiary/aromatic N) is 4. The van der Waals surface area contributed by atoms with Crippen molar-refractivity contribution in [3.63, 3.8) is 0 Å². The van der Waals surface area contributed by atoms with Crippen molar-refractivity contribution in [3.05, 3.63) is 17.5 Å². The van der Waals surface area contributed by atoms with Crippen LogP contribution in [0.5, 0.6) is 0 Å². The maximum Gasteiger partial charge on any atom is 0.250 e. The Morgan fingerprint density at radius 3 is 2.70 bits per heavy atom. The average Bonchev–Trinajstić information content (AvgIpc) is 3.49. The molecule has 0 unspecified atom stereocenters. The molecule has 2 aromatic rings. The van der Waals surface area contributed by atoms with E-state index in [1.54, 1.807) is 23.3 Å². The first-order chi connectivity index (χ1) is 14.4. The van der Waals surface area contributed by atoms with Crippen molar-refractivity contribution >= 4 is 44.7 Å². The van der Waals surface area contributed by atoms with Gasteiger partial charge in [-0.2, -0.15) is 4.72 Å². The molecule has 0 bridgehead atoms. The monoisotopic (exact) mass is 469 g/mol. The minimum absolute atomic E-state index is 0.0636. The molecule has 0 saturated carbocycles. The Kier molecular flexibility index (Phi) is 6.19. The van der Waals surface area contributed by atoms with Gasteiger partial charge in [0.2, 0.25) is 11.8 Å². The summed E-state index contributed by atoms with van der Waals surface area (Å²) >= 11 is 2.27. The smallest absolute Gasteiger partial charge is 0.250 e. The van der Waals surface area contributed by atoms with Crippen LogP contribution in [0.3, 0.4) is 0 Å². The van der Waals surface area contributed by atoms with Crippen LogP contribution in [0.2, 0.25) is 0 Å². The van der Waals surface area contributed by atoms with E-state index in [-0.39, 0.29) is 16.0 Å². The number of rotatable bonds is 6. The second kappa shape index (κ2) is 8.69. The molecule has 2 aliphatic rings. The van der Waals surface area contributed by atoms with Gasteiger partial charge >= 0.3 is 0 Å². The summed E-state index contributed by atoms with van der Waals surface area (Å²) in [5, 5.41) is 5.69. The SMILES string of the molecule is C[C@@H](C(=O)N1CCCCC1)N1CC[C@H](NS(=O)(=O)c2ccc(-c3csnn3)s2)C1=O. The van der Waals surface area contributed by atoms with Crippen LogP contribution < -0.4 is 4.72 Å². The lowest BCUT2D eigenvalue weighted by Crippen LogP contribution is -2.51. The Hall–Kier alpha value is -1.89. The van der Waals surface area contributed by atoms with Gasteiger partial charge in [-0.05, 0) is 56.3 Å². The van der Waals surface area contributed by atoms with E-state index in [2.05, 4.69) is 14.3 Å². The van der Waals surface area contributed by atoms with Crippen LogP contribution in [-0.4, -0.2) is 71.3 Å². The van der Waals surface area contributed by atoms with Crippen LogP contribution in [0.25, 0.3) is 10.6 Å². The zero-order valence-corrected chi connectivity index (χ0v) is 18.9. The maximum absolute atomic E-state index is 12.8. The predicted molar refractivity (Wildman–Crippen MR) is 114 cm³/mol. The van der Waals surface area contributed by atoms with E-state index in [0.29, 0.717) is 23.5 Å². The van der Waals surface area contributed by atoms with Crippen LogP contribution in [0.1, 0.15) is 32.6 Å². The molecular formula is C18H23N5O4S3. The Morgan fingerprint density at radius 2 is 2.00 bits per heavy atom. The van der Waals surface area contributed by atoms with Crippen molar-refractivity contribution in [1.29, 1.82) is 0 Å². The molecule has 0 radical (unpaired) electrons. The van der Waals surface area contributed by atoms with Crippen molar-refractivity contribution in [2.45, 2.75) is 48.9 Å². The lowest BCUT2D eigenvalue weighted by atomic mass is 10.1. The van der Waals surface area contributed by atoms with Crippen LogP contribution >= 0.6 is 22.9 Å². The van der Waals surface area contributed by atoms with E-state index in [0.717, 1.165) is 43.7 Å². The van der Waals surface area contributed by atoms with Crippen LogP contribution in [0, 0.1) is 0 Å². The average molecular weight is 470 g/mol. The molecule has 0 aromatic carbocycles. The molecule has 12 heteroatoms. The van der Waals surface area contributed by atoms with E-state index in [1.807, 2.05) is 0 Å². The first kappa shape index (κ1) is 21.3. The fraction of sp³-hybridized carbons (Fsp3) is 0.556. The lowest BCUT2D eigenvalue weighted by Gasteiger charge is -2.32. The highest BCUT2D eigenvalue weighted by atomic mass is 32.2. The molecule has 0 spiro atoms. The first-order valence-corrected chi connectivity index (χ1v) is 13.0. The number of hydrogen-bond acceptors (Lipinski definition) is 8. The normalized spacial score (nSPS) is 21.2. The topological polar surface area (TPSA) is 113 Å². The fourth-order valence-electron chi connectivity index (χ4n) is 3.83. The highest BCUT2D eigenvalue weighted by Gasteiger charge is 2.40. The highest BCUT2D eigenvalue weighted by molar-refractivity contribution is 7.91. The van der Waals surface area contributed by atoms with Gasteiger partial charge in [-0.1, -0.05) is 4.49 Å². The number of nitrogens with one attached hydrogen (secondary N) is 1. The number of thiophene rings is 1. The summed E-state index contributed by atoms with van der Waals surface area (Å²) in [7, 11) is -3.86. The number of amides is 2. The third-order valence-electron chi connectivity index (χ3n) is 5.49. The van der Waals surface area contributed by atoms with E-state index >= 15 is 0 Å². The number of carbonyl (C=O) groups is 2. The maximum atomic E-state index is 12.8. The largest absolute Gasteiger partial charge is 0.341 e. The Bertz CT molecular complexity index is 1010. The van der Waals surface area contributed by atoms with Gasteiger partial charge in [0, 0.05) is 25.0 Å². The van der Waals surface area contributed by atoms with Crippen LogP contribution in [0.15, 0.2) is 21.7 Å². The zero-order valence-electron chi connectivity index (χ0n) is 16.5. The van der Waals surface area contributed by atoms with Gasteiger partial charge in [0.1, 0.15) is 22.0 Å². The van der Waals surface area contributed by atoms with Gasteiger partial charge in [-0.25, -0.2) is 8.42 Å². The Morgan fingerprint density at radius 1 is 1.23 bits per heavy atom. The second-order valence-corrected chi connectivity index (χ2v) is 11.1. The molecule has 2 fully saturated rings. The molecule has 2 aromatic heterocycles. The molecule has 4 rings (SSSR count). The van der Waals surface area contributed by atoms with Gasteiger partial charge in [0.05, 0.1) is 4.88 Å². The minimum Gasteiger partial charge on any atom is -0.341 e. The summed E-state index contributed by atoms with van der Waals surface area (Å²) < 4.78 is 32.0. The first-order valence-electron chi connectivity index (χ1n) is 9.86. The number of sulfonamides is 1. The van der Waals surface area contributed by atoms with Gasteiger partial charge in [0.25, 0.3) is 10.0 Å². The van der Waals surface area contributed by atoms with Crippen molar-refractivity contribution < 1.29 is 18.0 Å². The quantitative estimate of drug-likeness (QED) is 0.687. The third-order valence-corrected chi connectivity index (χ3v) is 9.06. The molecular weight excluding hydrogens is 446 g/mol. The molecule has 162 valence electrons. The molecule has 30 heavy (non-hydrogen) atoms. The van der Waals surface area contributed by atoms with Gasteiger partial charge in [-0.3, -0.25) is 9.59 Å². The molecule has 4 heterocycles. The zero-order chi connectivity index (χ0) is 21.3. The summed E-state index contributed by atoms with van der Waals surface area (Å²) in [5.41, 5.74) is 0.625.